The summed E-state index contributed by atoms with van der Waals surface area (Å²) in [5.74, 6) is 0.0953. The molecule has 0 bridgehead atoms. The fourth-order valence-corrected chi connectivity index (χ4v) is 2.53. The molecule has 1 fully saturated rings. The number of rotatable bonds is 4. The van der Waals surface area contributed by atoms with Crippen LogP contribution in [0.4, 0.5) is 5.69 Å². The topological polar surface area (TPSA) is 47.0 Å². The van der Waals surface area contributed by atoms with Gasteiger partial charge in [0.15, 0.2) is 0 Å². The van der Waals surface area contributed by atoms with Crippen molar-refractivity contribution >= 4 is 11.6 Å². The monoisotopic (exact) mass is 277 g/mol. The van der Waals surface area contributed by atoms with Crippen molar-refractivity contribution in [1.29, 1.82) is 0 Å². The van der Waals surface area contributed by atoms with Crippen LogP contribution < -0.4 is 4.90 Å². The van der Waals surface area contributed by atoms with Gasteiger partial charge in [-0.25, -0.2) is 0 Å². The van der Waals surface area contributed by atoms with Crippen molar-refractivity contribution in [3.05, 3.63) is 29.8 Å². The van der Waals surface area contributed by atoms with Crippen LogP contribution in [0.2, 0.25) is 0 Å². The molecule has 0 atom stereocenters. The summed E-state index contributed by atoms with van der Waals surface area (Å²) in [7, 11) is 3.90. The summed E-state index contributed by atoms with van der Waals surface area (Å²) in [6.07, 6.45) is 0. The fraction of sp³-hybridized carbons (Fsp3) is 0.533. The third-order valence-electron chi connectivity index (χ3n) is 3.69. The van der Waals surface area contributed by atoms with Gasteiger partial charge in [-0.05, 0) is 12.1 Å². The van der Waals surface area contributed by atoms with E-state index in [0.717, 1.165) is 37.4 Å². The normalized spacial score (nSPS) is 16.2. The van der Waals surface area contributed by atoms with Crippen molar-refractivity contribution in [1.82, 2.24) is 9.80 Å². The molecule has 0 saturated carbocycles. The second kappa shape index (κ2) is 6.72. The highest BCUT2D eigenvalue weighted by molar-refractivity contribution is 5.99. The van der Waals surface area contributed by atoms with E-state index < -0.39 is 0 Å². The Morgan fingerprint density at radius 3 is 2.45 bits per heavy atom. The molecule has 1 saturated heterocycles. The average molecular weight is 277 g/mol. The zero-order chi connectivity index (χ0) is 14.5. The molecule has 0 aliphatic carbocycles. The highest BCUT2D eigenvalue weighted by Gasteiger charge is 2.23. The molecular formula is C15H23N3O2. The Balaban J connectivity index is 2.06. The van der Waals surface area contributed by atoms with Crippen LogP contribution in [0.25, 0.3) is 0 Å². The summed E-state index contributed by atoms with van der Waals surface area (Å²) in [4.78, 5) is 18.7. The molecule has 1 aromatic carbocycles. The number of aliphatic hydroxyl groups excluding tert-OH is 1. The van der Waals surface area contributed by atoms with E-state index in [1.807, 2.05) is 48.2 Å². The largest absolute Gasteiger partial charge is 0.395 e. The molecule has 1 aliphatic rings. The molecule has 0 radical (unpaired) electrons. The maximum atomic E-state index is 12.6. The third kappa shape index (κ3) is 3.29. The highest BCUT2D eigenvalue weighted by atomic mass is 16.3. The lowest BCUT2D eigenvalue weighted by atomic mass is 10.1. The Kier molecular flexibility index (Phi) is 4.98. The summed E-state index contributed by atoms with van der Waals surface area (Å²) < 4.78 is 0. The summed E-state index contributed by atoms with van der Waals surface area (Å²) in [6, 6.07) is 7.71. The molecule has 1 aliphatic heterocycles. The van der Waals surface area contributed by atoms with Gasteiger partial charge in [0, 0.05) is 52.5 Å². The van der Waals surface area contributed by atoms with Gasteiger partial charge in [-0.1, -0.05) is 12.1 Å². The molecule has 1 heterocycles. The average Bonchev–Trinajstić information content (AvgIpc) is 2.47. The van der Waals surface area contributed by atoms with E-state index in [0.29, 0.717) is 6.54 Å². The summed E-state index contributed by atoms with van der Waals surface area (Å²) in [5, 5.41) is 8.94. The first-order valence-corrected chi connectivity index (χ1v) is 7.02. The van der Waals surface area contributed by atoms with Crippen LogP contribution in [0.15, 0.2) is 24.3 Å². The standard InChI is InChI=1S/C15H23N3O2/c1-16(2)14-6-4-3-5-13(14)15(20)18-9-7-17(8-10-18)11-12-19/h3-6,19H,7-12H2,1-2H3. The van der Waals surface area contributed by atoms with E-state index in [2.05, 4.69) is 4.90 Å². The Morgan fingerprint density at radius 2 is 1.85 bits per heavy atom. The van der Waals surface area contributed by atoms with Crippen LogP contribution in [0.1, 0.15) is 10.4 Å². The quantitative estimate of drug-likeness (QED) is 0.871. The van der Waals surface area contributed by atoms with E-state index >= 15 is 0 Å². The first kappa shape index (κ1) is 14.8. The van der Waals surface area contributed by atoms with E-state index in [4.69, 9.17) is 5.11 Å². The number of carbonyl (C=O) groups excluding carboxylic acids is 1. The third-order valence-corrected chi connectivity index (χ3v) is 3.69. The number of hydrogen-bond acceptors (Lipinski definition) is 4. The Hall–Kier alpha value is -1.59. The van der Waals surface area contributed by atoms with E-state index in [-0.39, 0.29) is 12.5 Å². The predicted molar refractivity (Wildman–Crippen MR) is 80.2 cm³/mol. The van der Waals surface area contributed by atoms with Crippen molar-refractivity contribution in [2.24, 2.45) is 0 Å². The Morgan fingerprint density at radius 1 is 1.20 bits per heavy atom. The van der Waals surface area contributed by atoms with Crippen molar-refractivity contribution in [3.8, 4) is 0 Å². The number of anilines is 1. The van der Waals surface area contributed by atoms with Gasteiger partial charge >= 0.3 is 0 Å². The zero-order valence-electron chi connectivity index (χ0n) is 12.2. The molecule has 0 aromatic heterocycles. The van der Waals surface area contributed by atoms with Gasteiger partial charge in [0.2, 0.25) is 0 Å². The van der Waals surface area contributed by atoms with Crippen molar-refractivity contribution < 1.29 is 9.90 Å². The lowest BCUT2D eigenvalue weighted by Gasteiger charge is -2.35. The SMILES string of the molecule is CN(C)c1ccccc1C(=O)N1CCN(CCO)CC1. The predicted octanol–water partition coefficient (Wildman–Crippen LogP) is 0.503. The maximum absolute atomic E-state index is 12.6. The number of para-hydroxylation sites is 1. The summed E-state index contributed by atoms with van der Waals surface area (Å²) in [6.45, 7) is 3.97. The molecule has 1 aromatic rings. The highest BCUT2D eigenvalue weighted by Crippen LogP contribution is 2.20. The van der Waals surface area contributed by atoms with Crippen LogP contribution in [-0.2, 0) is 0 Å². The number of amides is 1. The lowest BCUT2D eigenvalue weighted by Crippen LogP contribution is -2.49. The number of aliphatic hydroxyl groups is 1. The van der Waals surface area contributed by atoms with Crippen LogP contribution >= 0.6 is 0 Å². The molecule has 1 N–H and O–H groups in total. The second-order valence-electron chi connectivity index (χ2n) is 5.27. The van der Waals surface area contributed by atoms with Gasteiger partial charge in [0.05, 0.1) is 12.2 Å². The number of hydrogen-bond donors (Lipinski definition) is 1. The molecule has 0 spiro atoms. The molecular weight excluding hydrogens is 254 g/mol. The number of β-amino-alcohol motifs (C(OH)–C–C–N with tert-alkyl or cyclic N) is 1. The molecule has 5 nitrogen and oxygen atoms in total. The molecule has 20 heavy (non-hydrogen) atoms. The summed E-state index contributed by atoms with van der Waals surface area (Å²) >= 11 is 0. The van der Waals surface area contributed by atoms with Gasteiger partial charge in [-0.3, -0.25) is 9.69 Å². The molecule has 110 valence electrons. The van der Waals surface area contributed by atoms with Crippen LogP contribution in [0.5, 0.6) is 0 Å². The minimum Gasteiger partial charge on any atom is -0.395 e. The van der Waals surface area contributed by atoms with Gasteiger partial charge in [0.25, 0.3) is 5.91 Å². The first-order valence-electron chi connectivity index (χ1n) is 7.02. The number of nitrogens with zero attached hydrogens (tertiary/aromatic N) is 3. The first-order chi connectivity index (χ1) is 9.63. The molecule has 2 rings (SSSR count). The number of piperazine rings is 1. The molecule has 0 unspecified atom stereocenters. The Bertz CT molecular complexity index is 454. The van der Waals surface area contributed by atoms with E-state index in [1.54, 1.807) is 0 Å². The van der Waals surface area contributed by atoms with Crippen LogP contribution in [0, 0.1) is 0 Å². The minimum atomic E-state index is 0.0953. The molecule has 5 heteroatoms. The minimum absolute atomic E-state index is 0.0953. The van der Waals surface area contributed by atoms with Crippen LogP contribution in [-0.4, -0.2) is 74.2 Å². The van der Waals surface area contributed by atoms with Gasteiger partial charge in [-0.15, -0.1) is 0 Å². The fourth-order valence-electron chi connectivity index (χ4n) is 2.53. The number of benzene rings is 1. The number of carbonyl (C=O) groups is 1. The van der Waals surface area contributed by atoms with Gasteiger partial charge in [0.1, 0.15) is 0 Å². The second-order valence-corrected chi connectivity index (χ2v) is 5.27. The van der Waals surface area contributed by atoms with Crippen molar-refractivity contribution in [2.45, 2.75) is 0 Å². The van der Waals surface area contributed by atoms with Gasteiger partial charge < -0.3 is 14.9 Å². The zero-order valence-corrected chi connectivity index (χ0v) is 12.2. The summed E-state index contributed by atoms with van der Waals surface area (Å²) in [5.41, 5.74) is 1.71. The van der Waals surface area contributed by atoms with Gasteiger partial charge in [-0.2, -0.15) is 0 Å². The van der Waals surface area contributed by atoms with Crippen molar-refractivity contribution in [3.63, 3.8) is 0 Å². The lowest BCUT2D eigenvalue weighted by molar-refractivity contribution is 0.0615. The maximum Gasteiger partial charge on any atom is 0.256 e. The smallest absolute Gasteiger partial charge is 0.256 e. The molecule has 1 amide bonds. The van der Waals surface area contributed by atoms with Crippen molar-refractivity contribution in [2.75, 3.05) is 58.3 Å². The van der Waals surface area contributed by atoms with Crippen LogP contribution in [0.3, 0.4) is 0 Å². The van der Waals surface area contributed by atoms with E-state index in [1.165, 1.54) is 0 Å². The Labute approximate surface area is 120 Å². The van der Waals surface area contributed by atoms with E-state index in [9.17, 15) is 4.79 Å².